The zero-order chi connectivity index (χ0) is 14.5. The molecule has 1 atom stereocenters. The Hall–Kier alpha value is -0.810. The van der Waals surface area contributed by atoms with Gasteiger partial charge in [0.1, 0.15) is 5.75 Å². The van der Waals surface area contributed by atoms with E-state index in [9.17, 15) is 0 Å². The van der Waals surface area contributed by atoms with E-state index in [2.05, 4.69) is 23.9 Å². The van der Waals surface area contributed by atoms with Crippen LogP contribution in [0.15, 0.2) is 18.2 Å². The summed E-state index contributed by atoms with van der Waals surface area (Å²) < 4.78 is 11.2. The molecule has 0 aromatic heterocycles. The molecule has 0 saturated carbocycles. The van der Waals surface area contributed by atoms with E-state index in [1.54, 1.807) is 7.11 Å². The maximum atomic E-state index is 6.08. The largest absolute Gasteiger partial charge is 0.496 e. The topological polar surface area (TPSA) is 24.9 Å². The van der Waals surface area contributed by atoms with Gasteiger partial charge >= 0.3 is 0 Å². The summed E-state index contributed by atoms with van der Waals surface area (Å²) in [6.07, 6.45) is 0.268. The SMILES string of the molecule is COc1ccc(Cl)cc1CN1CCO[C@H](CN(C)C)C1. The van der Waals surface area contributed by atoms with Crippen molar-refractivity contribution in [2.75, 3.05) is 47.4 Å². The first-order valence-electron chi connectivity index (χ1n) is 6.89. The quantitative estimate of drug-likeness (QED) is 0.831. The normalized spacial score (nSPS) is 20.4. The smallest absolute Gasteiger partial charge is 0.123 e. The molecule has 0 amide bonds. The third kappa shape index (κ3) is 4.35. The molecule has 1 aliphatic heterocycles. The molecule has 1 saturated heterocycles. The van der Waals surface area contributed by atoms with Gasteiger partial charge in [-0.15, -0.1) is 0 Å². The van der Waals surface area contributed by atoms with Crippen molar-refractivity contribution in [3.05, 3.63) is 28.8 Å². The van der Waals surface area contributed by atoms with Crippen LogP contribution in [0.2, 0.25) is 5.02 Å². The minimum atomic E-state index is 0.268. The summed E-state index contributed by atoms with van der Waals surface area (Å²) in [5, 5.41) is 0.749. The first-order valence-corrected chi connectivity index (χ1v) is 7.27. The van der Waals surface area contributed by atoms with Crippen LogP contribution in [-0.2, 0) is 11.3 Å². The Morgan fingerprint density at radius 2 is 2.25 bits per heavy atom. The third-order valence-corrected chi connectivity index (χ3v) is 3.66. The van der Waals surface area contributed by atoms with Gasteiger partial charge in [-0.25, -0.2) is 0 Å². The van der Waals surface area contributed by atoms with E-state index in [0.29, 0.717) is 0 Å². The van der Waals surface area contributed by atoms with Crippen molar-refractivity contribution in [3.8, 4) is 5.75 Å². The fourth-order valence-corrected chi connectivity index (χ4v) is 2.75. The van der Waals surface area contributed by atoms with Crippen LogP contribution in [0.1, 0.15) is 5.56 Å². The minimum absolute atomic E-state index is 0.268. The Kier molecular flexibility index (Phi) is 5.66. The van der Waals surface area contributed by atoms with Gasteiger partial charge < -0.3 is 14.4 Å². The Labute approximate surface area is 126 Å². The zero-order valence-electron chi connectivity index (χ0n) is 12.4. The van der Waals surface area contributed by atoms with Gasteiger partial charge in [-0.2, -0.15) is 0 Å². The molecule has 1 aliphatic rings. The summed E-state index contributed by atoms with van der Waals surface area (Å²) in [5.74, 6) is 0.894. The van der Waals surface area contributed by atoms with E-state index < -0.39 is 0 Å². The van der Waals surface area contributed by atoms with Crippen molar-refractivity contribution in [1.82, 2.24) is 9.80 Å². The van der Waals surface area contributed by atoms with Crippen molar-refractivity contribution in [2.45, 2.75) is 12.6 Å². The molecule has 20 heavy (non-hydrogen) atoms. The monoisotopic (exact) mass is 298 g/mol. The van der Waals surface area contributed by atoms with Gasteiger partial charge in [0, 0.05) is 36.8 Å². The van der Waals surface area contributed by atoms with Crippen molar-refractivity contribution in [3.63, 3.8) is 0 Å². The van der Waals surface area contributed by atoms with Gasteiger partial charge in [0.25, 0.3) is 0 Å². The lowest BCUT2D eigenvalue weighted by Crippen LogP contribution is -2.45. The number of nitrogens with zero attached hydrogens (tertiary/aromatic N) is 2. The first kappa shape index (κ1) is 15.6. The Morgan fingerprint density at radius 1 is 1.45 bits per heavy atom. The van der Waals surface area contributed by atoms with Gasteiger partial charge in [0.2, 0.25) is 0 Å². The molecule has 0 aliphatic carbocycles. The average Bonchev–Trinajstić information content (AvgIpc) is 2.38. The lowest BCUT2D eigenvalue weighted by atomic mass is 10.1. The maximum absolute atomic E-state index is 6.08. The van der Waals surface area contributed by atoms with Crippen LogP contribution in [0.5, 0.6) is 5.75 Å². The second-order valence-corrected chi connectivity index (χ2v) is 5.88. The standard InChI is InChI=1S/C15H23ClN2O2/c1-17(2)10-14-11-18(6-7-20-14)9-12-8-13(16)4-5-15(12)19-3/h4-5,8,14H,6-7,9-11H2,1-3H3/t14-/m1/s1. The number of ether oxygens (including phenoxy) is 2. The number of hydrogen-bond acceptors (Lipinski definition) is 4. The summed E-state index contributed by atoms with van der Waals surface area (Å²) >= 11 is 6.08. The molecule has 0 radical (unpaired) electrons. The van der Waals surface area contributed by atoms with Crippen LogP contribution in [0, 0.1) is 0 Å². The predicted octanol–water partition coefficient (Wildman–Crippen LogP) is 2.11. The number of likely N-dealkylation sites (N-methyl/N-ethyl adjacent to an activating group) is 1. The molecule has 5 heteroatoms. The van der Waals surface area contributed by atoms with E-state index >= 15 is 0 Å². The molecular weight excluding hydrogens is 276 g/mol. The van der Waals surface area contributed by atoms with Gasteiger partial charge in [-0.1, -0.05) is 11.6 Å². The molecule has 2 rings (SSSR count). The molecule has 1 fully saturated rings. The van der Waals surface area contributed by atoms with Gasteiger partial charge in [-0.3, -0.25) is 4.90 Å². The second-order valence-electron chi connectivity index (χ2n) is 5.45. The van der Waals surface area contributed by atoms with Crippen LogP contribution < -0.4 is 4.74 Å². The zero-order valence-corrected chi connectivity index (χ0v) is 13.2. The summed E-state index contributed by atoms with van der Waals surface area (Å²) in [4.78, 5) is 4.56. The fraction of sp³-hybridized carbons (Fsp3) is 0.600. The van der Waals surface area contributed by atoms with Gasteiger partial charge in [-0.05, 0) is 32.3 Å². The number of hydrogen-bond donors (Lipinski definition) is 0. The Balaban J connectivity index is 2.00. The lowest BCUT2D eigenvalue weighted by molar-refractivity contribution is -0.0408. The van der Waals surface area contributed by atoms with Crippen LogP contribution >= 0.6 is 11.6 Å². The van der Waals surface area contributed by atoms with E-state index in [1.807, 2.05) is 18.2 Å². The molecule has 0 unspecified atom stereocenters. The second kappa shape index (κ2) is 7.27. The first-order chi connectivity index (χ1) is 9.58. The predicted molar refractivity (Wildman–Crippen MR) is 81.6 cm³/mol. The highest BCUT2D eigenvalue weighted by Crippen LogP contribution is 2.24. The molecule has 112 valence electrons. The molecule has 1 aromatic carbocycles. The number of methoxy groups -OCH3 is 1. The summed E-state index contributed by atoms with van der Waals surface area (Å²) in [7, 11) is 5.84. The van der Waals surface area contributed by atoms with E-state index in [1.165, 1.54) is 0 Å². The van der Waals surface area contributed by atoms with Crippen molar-refractivity contribution in [2.24, 2.45) is 0 Å². The minimum Gasteiger partial charge on any atom is -0.496 e. The van der Waals surface area contributed by atoms with E-state index in [4.69, 9.17) is 21.1 Å². The molecule has 1 heterocycles. The Bertz CT molecular complexity index is 440. The van der Waals surface area contributed by atoms with E-state index in [-0.39, 0.29) is 6.10 Å². The van der Waals surface area contributed by atoms with Crippen LogP contribution in [0.4, 0.5) is 0 Å². The van der Waals surface area contributed by atoms with Crippen LogP contribution in [-0.4, -0.2) is 63.4 Å². The summed E-state index contributed by atoms with van der Waals surface area (Å²) in [5.41, 5.74) is 1.13. The maximum Gasteiger partial charge on any atom is 0.123 e. The Morgan fingerprint density at radius 3 is 2.95 bits per heavy atom. The van der Waals surface area contributed by atoms with Crippen molar-refractivity contribution < 1.29 is 9.47 Å². The third-order valence-electron chi connectivity index (χ3n) is 3.43. The van der Waals surface area contributed by atoms with E-state index in [0.717, 1.165) is 49.1 Å². The summed E-state index contributed by atoms with van der Waals surface area (Å²) in [6, 6.07) is 5.77. The number of benzene rings is 1. The molecule has 1 aromatic rings. The number of morpholine rings is 1. The average molecular weight is 299 g/mol. The highest BCUT2D eigenvalue weighted by atomic mass is 35.5. The molecule has 0 bridgehead atoms. The molecule has 0 N–H and O–H groups in total. The lowest BCUT2D eigenvalue weighted by Gasteiger charge is -2.34. The van der Waals surface area contributed by atoms with Crippen molar-refractivity contribution >= 4 is 11.6 Å². The molecular formula is C15H23ClN2O2. The van der Waals surface area contributed by atoms with Crippen molar-refractivity contribution in [1.29, 1.82) is 0 Å². The number of halogens is 1. The molecule has 0 spiro atoms. The highest BCUT2D eigenvalue weighted by Gasteiger charge is 2.21. The van der Waals surface area contributed by atoms with Crippen LogP contribution in [0.3, 0.4) is 0 Å². The van der Waals surface area contributed by atoms with Gasteiger partial charge in [0.15, 0.2) is 0 Å². The van der Waals surface area contributed by atoms with Crippen LogP contribution in [0.25, 0.3) is 0 Å². The molecule has 4 nitrogen and oxygen atoms in total. The number of rotatable bonds is 5. The highest BCUT2D eigenvalue weighted by molar-refractivity contribution is 6.30. The fourth-order valence-electron chi connectivity index (χ4n) is 2.55. The van der Waals surface area contributed by atoms with Gasteiger partial charge in [0.05, 0.1) is 19.8 Å². The summed E-state index contributed by atoms with van der Waals surface area (Å²) in [6.45, 7) is 4.45.